The van der Waals surface area contributed by atoms with Crippen molar-refractivity contribution >= 4 is 24.2 Å². The van der Waals surface area contributed by atoms with Crippen LogP contribution in [0.25, 0.3) is 0 Å². The predicted molar refractivity (Wildman–Crippen MR) is 44.8 cm³/mol. The average Bonchev–Trinajstić information content (AvgIpc) is 1.98. The van der Waals surface area contributed by atoms with Gasteiger partial charge in [0.1, 0.15) is 0 Å². The van der Waals surface area contributed by atoms with Crippen molar-refractivity contribution in [1.82, 2.24) is 0 Å². The molecule has 0 aliphatic rings. The van der Waals surface area contributed by atoms with Crippen LogP contribution >= 0.6 is 0 Å². The zero-order chi connectivity index (χ0) is 12.8. The second-order valence-electron chi connectivity index (χ2n) is 2.05. The second-order valence-corrected chi connectivity index (χ2v) is 5.37. The molecule has 16 heavy (non-hydrogen) atoms. The number of rotatable bonds is 8. The van der Waals surface area contributed by atoms with Gasteiger partial charge in [-0.05, 0) is 6.92 Å². The Morgan fingerprint density at radius 3 is 2.00 bits per heavy atom. The second kappa shape index (κ2) is 6.55. The highest BCUT2D eigenvalue weighted by atomic mass is 28.4. The molecule has 12 nitrogen and oxygen atoms in total. The molecular weight excluding hydrogens is 267 g/mol. The topological polar surface area (TPSA) is 164 Å². The quantitative estimate of drug-likeness (QED) is 0.283. The van der Waals surface area contributed by atoms with Crippen LogP contribution in [0.1, 0.15) is 6.92 Å². The molecule has 0 saturated heterocycles. The van der Waals surface area contributed by atoms with Crippen LogP contribution < -0.4 is 0 Å². The van der Waals surface area contributed by atoms with Gasteiger partial charge in [0.15, 0.2) is 0 Å². The molecule has 92 valence electrons. The summed E-state index contributed by atoms with van der Waals surface area (Å²) in [6.07, 6.45) is 0. The Balaban J connectivity index is 4.39. The van der Waals surface area contributed by atoms with Crippen molar-refractivity contribution in [2.24, 2.45) is 0 Å². The lowest BCUT2D eigenvalue weighted by molar-refractivity contribution is -0.764. The van der Waals surface area contributed by atoms with Crippen LogP contribution in [0.3, 0.4) is 0 Å². The molecule has 0 aliphatic heterocycles. The summed E-state index contributed by atoms with van der Waals surface area (Å²) in [6, 6.07) is 0. The third-order valence-corrected chi connectivity index (χ3v) is 4.28. The van der Waals surface area contributed by atoms with E-state index in [1.807, 2.05) is 0 Å². The van der Waals surface area contributed by atoms with Gasteiger partial charge >= 0.3 is 24.2 Å². The van der Waals surface area contributed by atoms with E-state index >= 15 is 0 Å². The maximum Gasteiger partial charge on any atom is 0.933 e. The normalized spacial score (nSPS) is 10.7. The summed E-state index contributed by atoms with van der Waals surface area (Å²) in [5, 5.41) is 17.0. The van der Waals surface area contributed by atoms with E-state index in [0.717, 1.165) is 0 Å². The van der Waals surface area contributed by atoms with Gasteiger partial charge in [0.2, 0.25) is 0 Å². The van der Waals surface area contributed by atoms with Crippen LogP contribution in [-0.4, -0.2) is 50.6 Å². The summed E-state index contributed by atoms with van der Waals surface area (Å²) in [5.74, 6) is 0. The maximum atomic E-state index is 9.88. The van der Waals surface area contributed by atoms with E-state index in [9.17, 15) is 20.2 Å². The minimum Gasteiger partial charge on any atom is -0.442 e. The fraction of sp³-hybridized carbons (Fsp3) is 1.00. The van der Waals surface area contributed by atoms with Gasteiger partial charge in [-0.15, -0.1) is 20.2 Å². The molecule has 0 spiro atoms. The van der Waals surface area contributed by atoms with E-state index in [0.29, 0.717) is 0 Å². The Morgan fingerprint density at radius 1 is 1.25 bits per heavy atom. The van der Waals surface area contributed by atoms with Crippen molar-refractivity contribution in [3.63, 3.8) is 0 Å². The third kappa shape index (κ3) is 7.30. The number of hydrogen-bond donors (Lipinski definition) is 2. The molecule has 0 aliphatic carbocycles. The van der Waals surface area contributed by atoms with E-state index in [1.165, 1.54) is 6.92 Å². The van der Waals surface area contributed by atoms with E-state index in [2.05, 4.69) is 15.7 Å². The summed E-state index contributed by atoms with van der Waals surface area (Å²) >= 11 is -3.97. The van der Waals surface area contributed by atoms with Crippen LogP contribution in [0.15, 0.2) is 0 Å². The lowest BCUT2D eigenvalue weighted by Crippen LogP contribution is -2.50. The Labute approximate surface area is 94.0 Å². The molecule has 0 amide bonds. The first-order valence-electron chi connectivity index (χ1n) is 3.65. The zero-order valence-corrected chi connectivity index (χ0v) is 9.99. The maximum absolute atomic E-state index is 9.88. The molecule has 14 heteroatoms. The molecule has 0 aromatic rings. The highest BCUT2D eigenvalue weighted by molar-refractivity contribution is 6.59. The van der Waals surface area contributed by atoms with Gasteiger partial charge in [0, 0.05) is 6.61 Å². The lowest BCUT2D eigenvalue weighted by Gasteiger charge is -2.18. The third-order valence-electron chi connectivity index (χ3n) is 0.926. The summed E-state index contributed by atoms with van der Waals surface area (Å²) in [4.78, 5) is 37.7. The summed E-state index contributed by atoms with van der Waals surface area (Å²) in [5.41, 5.74) is 0. The predicted octanol–water partition coefficient (Wildman–Crippen LogP) is -2.14. The van der Waals surface area contributed by atoms with Crippen molar-refractivity contribution in [2.45, 2.75) is 6.92 Å². The van der Waals surface area contributed by atoms with Gasteiger partial charge in [-0.2, -0.15) is 0 Å². The van der Waals surface area contributed by atoms with Crippen molar-refractivity contribution in [1.29, 1.82) is 0 Å². The van der Waals surface area contributed by atoms with E-state index in [1.54, 1.807) is 0 Å². The highest BCUT2D eigenvalue weighted by Gasteiger charge is 2.49. The average molecular weight is 274 g/mol. The molecule has 0 saturated carbocycles. The molecule has 0 atom stereocenters. The molecule has 0 radical (unpaired) electrons. The first-order chi connectivity index (χ1) is 7.26. The fourth-order valence-corrected chi connectivity index (χ4v) is 2.87. The zero-order valence-electron chi connectivity index (χ0n) is 7.84. The van der Waals surface area contributed by atoms with Crippen molar-refractivity contribution in [2.75, 3.05) is 6.61 Å². The molecule has 0 aromatic heterocycles. The Hall–Kier alpha value is -1.01. The Kier molecular flexibility index (Phi) is 6.13. The molecule has 0 bridgehead atoms. The van der Waals surface area contributed by atoms with Crippen molar-refractivity contribution in [3.8, 4) is 0 Å². The van der Waals surface area contributed by atoms with Crippen LogP contribution in [0.2, 0.25) is 0 Å². The lowest BCUT2D eigenvalue weighted by atomic mass is 10.9. The Morgan fingerprint density at radius 2 is 1.69 bits per heavy atom. The molecule has 0 fully saturated rings. The molecule has 0 aromatic carbocycles. The van der Waals surface area contributed by atoms with Crippen molar-refractivity contribution < 1.29 is 35.4 Å². The van der Waals surface area contributed by atoms with Gasteiger partial charge < -0.3 is 25.3 Å². The summed E-state index contributed by atoms with van der Waals surface area (Å²) in [6.45, 7) is 1.22. The molecular formula is C2H7AlN2O10Si. The van der Waals surface area contributed by atoms with Crippen LogP contribution in [0.5, 0.6) is 0 Å². The van der Waals surface area contributed by atoms with Crippen LogP contribution in [0.4, 0.5) is 0 Å². The van der Waals surface area contributed by atoms with E-state index < -0.39 is 34.4 Å². The van der Waals surface area contributed by atoms with Gasteiger partial charge in [-0.25, -0.2) is 0 Å². The SMILES string of the molecule is CCO[Si](O)(O)[O][Al]([O][N+](=O)[O-])[O][N+](=O)[O-]. The minimum atomic E-state index is -4.70. The summed E-state index contributed by atoms with van der Waals surface area (Å²) in [7, 11) is -4.70. The summed E-state index contributed by atoms with van der Waals surface area (Å²) < 4.78 is 15.7. The molecule has 0 rings (SSSR count). The van der Waals surface area contributed by atoms with Gasteiger partial charge in [-0.3, -0.25) is 0 Å². The van der Waals surface area contributed by atoms with E-state index in [-0.39, 0.29) is 6.61 Å². The first kappa shape index (κ1) is 15.0. The van der Waals surface area contributed by atoms with Crippen LogP contribution in [-0.2, 0) is 15.7 Å². The van der Waals surface area contributed by atoms with Crippen molar-refractivity contribution in [3.05, 3.63) is 20.2 Å². The van der Waals surface area contributed by atoms with E-state index in [4.69, 9.17) is 9.59 Å². The standard InChI is InChI=1S/C2H7O4Si.Al.2NO3/c1-2-6-7(3,4)5;;2*2-1(3)4/h3-4H,2H2,1H3;;;/q-1;+3;2*-1. The molecule has 0 heterocycles. The van der Waals surface area contributed by atoms with Gasteiger partial charge in [0.05, 0.1) is 0 Å². The monoisotopic (exact) mass is 274 g/mol. The highest BCUT2D eigenvalue weighted by Crippen LogP contribution is 2.03. The first-order valence-corrected chi connectivity index (χ1v) is 6.78. The van der Waals surface area contributed by atoms with Gasteiger partial charge in [-0.1, -0.05) is 0 Å². The Bertz CT molecular complexity index is 243. The molecule has 2 N–H and O–H groups in total. The minimum absolute atomic E-state index is 0.169. The van der Waals surface area contributed by atoms with Gasteiger partial charge in [0.25, 0.3) is 10.2 Å². The molecule has 0 unspecified atom stereocenters. The van der Waals surface area contributed by atoms with Crippen LogP contribution in [0, 0.1) is 20.2 Å². The fourth-order valence-electron chi connectivity index (χ4n) is 0.550. The smallest absolute Gasteiger partial charge is 0.442 e. The largest absolute Gasteiger partial charge is 0.933 e. The number of hydrogen-bond acceptors (Lipinski definition) is 10. The number of nitrogens with zero attached hydrogens (tertiary/aromatic N) is 2.